The molecule has 4 aromatic rings. The van der Waals surface area contributed by atoms with Gasteiger partial charge in [-0.25, -0.2) is 0 Å². The molecule has 4 aromatic carbocycles. The Bertz CT molecular complexity index is 1650. The first-order valence-electron chi connectivity index (χ1n) is 10.8. The third-order valence-corrected chi connectivity index (χ3v) is 6.34. The smallest absolute Gasteiger partial charge is 0.294 e. The van der Waals surface area contributed by atoms with Gasteiger partial charge < -0.3 is 21.1 Å². The van der Waals surface area contributed by atoms with Gasteiger partial charge in [0.05, 0.1) is 12.0 Å². The second-order valence-electron chi connectivity index (χ2n) is 7.96. The van der Waals surface area contributed by atoms with Gasteiger partial charge in [-0.1, -0.05) is 18.2 Å². The molecule has 0 radical (unpaired) electrons. The van der Waals surface area contributed by atoms with Crippen molar-refractivity contribution in [2.75, 3.05) is 17.7 Å². The number of rotatable bonds is 7. The third-order valence-electron chi connectivity index (χ3n) is 5.49. The van der Waals surface area contributed by atoms with E-state index in [4.69, 9.17) is 10.5 Å². The van der Waals surface area contributed by atoms with Crippen LogP contribution in [0.25, 0.3) is 10.8 Å². The molecule has 0 fully saturated rings. The Hall–Kier alpha value is -4.74. The van der Waals surface area contributed by atoms with Crippen LogP contribution in [0.15, 0.2) is 83.8 Å². The molecule has 0 aromatic heterocycles. The summed E-state index contributed by atoms with van der Waals surface area (Å²) >= 11 is 0. The van der Waals surface area contributed by atoms with Gasteiger partial charge in [0.1, 0.15) is 5.75 Å². The molecule has 3 amide bonds. The summed E-state index contributed by atoms with van der Waals surface area (Å²) in [6.07, 6.45) is 0. The minimum absolute atomic E-state index is 0.00777. The predicted octanol–water partition coefficient (Wildman–Crippen LogP) is 3.70. The van der Waals surface area contributed by atoms with Gasteiger partial charge in [-0.05, 0) is 66.0 Å². The zero-order valence-corrected chi connectivity index (χ0v) is 20.2. The summed E-state index contributed by atoms with van der Waals surface area (Å²) in [5.41, 5.74) is 6.36. The molecule has 5 N–H and O–H groups in total. The lowest BCUT2D eigenvalue weighted by Crippen LogP contribution is -2.18. The van der Waals surface area contributed by atoms with E-state index in [1.165, 1.54) is 43.5 Å². The summed E-state index contributed by atoms with van der Waals surface area (Å²) < 4.78 is 37.3. The molecule has 37 heavy (non-hydrogen) atoms. The van der Waals surface area contributed by atoms with E-state index >= 15 is 0 Å². The van der Waals surface area contributed by atoms with Crippen LogP contribution in [0, 0.1) is 0 Å². The van der Waals surface area contributed by atoms with Crippen molar-refractivity contribution < 1.29 is 32.1 Å². The molecule has 0 saturated carbocycles. The summed E-state index contributed by atoms with van der Waals surface area (Å²) in [5.74, 6) is -1.29. The number of anilines is 2. The van der Waals surface area contributed by atoms with Gasteiger partial charge in [0.15, 0.2) is 0 Å². The Morgan fingerprint density at radius 1 is 0.811 bits per heavy atom. The van der Waals surface area contributed by atoms with Gasteiger partial charge in [0.25, 0.3) is 21.9 Å². The number of benzene rings is 4. The number of ether oxygens (including phenoxy) is 1. The Labute approximate surface area is 211 Å². The zero-order valence-electron chi connectivity index (χ0n) is 19.4. The maximum Gasteiger partial charge on any atom is 0.294 e. The van der Waals surface area contributed by atoms with E-state index in [0.717, 1.165) is 0 Å². The second-order valence-corrected chi connectivity index (χ2v) is 9.39. The molecular formula is C26H21N3O7S. The fourth-order valence-corrected chi connectivity index (χ4v) is 4.16. The maximum absolute atomic E-state index is 13.1. The molecule has 10 nitrogen and oxygen atoms in total. The van der Waals surface area contributed by atoms with Gasteiger partial charge in [0.2, 0.25) is 5.91 Å². The number of carbonyl (C=O) groups excluding carboxylic acids is 3. The molecule has 0 aliphatic heterocycles. The minimum Gasteiger partial charge on any atom is -0.497 e. The highest BCUT2D eigenvalue weighted by Gasteiger charge is 2.16. The Morgan fingerprint density at radius 2 is 1.49 bits per heavy atom. The molecule has 0 aliphatic carbocycles. The number of carbonyl (C=O) groups is 3. The first-order chi connectivity index (χ1) is 17.5. The van der Waals surface area contributed by atoms with E-state index in [0.29, 0.717) is 27.8 Å². The number of hydrogen-bond acceptors (Lipinski definition) is 6. The summed E-state index contributed by atoms with van der Waals surface area (Å²) in [6, 6.07) is 19.2. The van der Waals surface area contributed by atoms with E-state index in [9.17, 15) is 27.4 Å². The molecule has 0 heterocycles. The van der Waals surface area contributed by atoms with Crippen molar-refractivity contribution in [3.8, 4) is 5.75 Å². The van der Waals surface area contributed by atoms with E-state index in [1.807, 2.05) is 0 Å². The van der Waals surface area contributed by atoms with Crippen LogP contribution >= 0.6 is 0 Å². The number of nitrogens with two attached hydrogens (primary N) is 1. The number of hydrogen-bond donors (Lipinski definition) is 4. The average molecular weight is 520 g/mol. The van der Waals surface area contributed by atoms with Crippen LogP contribution in [-0.4, -0.2) is 37.8 Å². The van der Waals surface area contributed by atoms with Crippen LogP contribution in [0.4, 0.5) is 11.4 Å². The van der Waals surface area contributed by atoms with Crippen molar-refractivity contribution in [2.24, 2.45) is 5.73 Å². The van der Waals surface area contributed by atoms with Gasteiger partial charge in [-0.2, -0.15) is 8.42 Å². The quantitative estimate of drug-likeness (QED) is 0.270. The van der Waals surface area contributed by atoms with E-state index in [2.05, 4.69) is 10.6 Å². The van der Waals surface area contributed by atoms with Gasteiger partial charge >= 0.3 is 0 Å². The fourth-order valence-electron chi connectivity index (χ4n) is 3.64. The monoisotopic (exact) mass is 519 g/mol. The lowest BCUT2D eigenvalue weighted by Gasteiger charge is -2.12. The van der Waals surface area contributed by atoms with Gasteiger partial charge in [-0.3, -0.25) is 18.9 Å². The van der Waals surface area contributed by atoms with Crippen LogP contribution in [0.2, 0.25) is 0 Å². The standard InChI is InChI=1S/C26H21N3O7S/c1-36-20-7-5-15(6-8-20)25(31)28-19-12-17(24(27)30)11-18(13-19)26(32)29-23-4-2-3-16-14-21(37(33,34)35)9-10-22(16)23/h2-14H,1H3,(H2,27,30)(H,28,31)(H,29,32)(H,33,34,35). The highest BCUT2D eigenvalue weighted by molar-refractivity contribution is 7.85. The second kappa shape index (κ2) is 10.1. The fraction of sp³-hybridized carbons (Fsp3) is 0.0385. The van der Waals surface area contributed by atoms with Crippen LogP contribution in [0.5, 0.6) is 5.75 Å². The average Bonchev–Trinajstić information content (AvgIpc) is 2.87. The molecule has 0 atom stereocenters. The Kier molecular flexibility index (Phi) is 6.92. The zero-order chi connectivity index (χ0) is 26.7. The highest BCUT2D eigenvalue weighted by atomic mass is 32.2. The molecule has 188 valence electrons. The SMILES string of the molecule is COc1ccc(C(=O)Nc2cc(C(N)=O)cc(C(=O)Nc3cccc4cc(S(=O)(=O)O)ccc34)c2)cc1. The van der Waals surface area contributed by atoms with Crippen molar-refractivity contribution >= 4 is 50.0 Å². The highest BCUT2D eigenvalue weighted by Crippen LogP contribution is 2.27. The topological polar surface area (TPSA) is 165 Å². The third kappa shape index (κ3) is 5.74. The predicted molar refractivity (Wildman–Crippen MR) is 138 cm³/mol. The number of primary amides is 1. The normalized spacial score (nSPS) is 11.1. The molecule has 0 aliphatic rings. The summed E-state index contributed by atoms with van der Waals surface area (Å²) in [5, 5.41) is 6.35. The van der Waals surface area contributed by atoms with Crippen molar-refractivity contribution in [2.45, 2.75) is 4.90 Å². The maximum atomic E-state index is 13.1. The van der Waals surface area contributed by atoms with Crippen molar-refractivity contribution in [1.29, 1.82) is 0 Å². The molecule has 0 unspecified atom stereocenters. The first-order valence-corrected chi connectivity index (χ1v) is 12.2. The number of fused-ring (bicyclic) bond motifs is 1. The van der Waals surface area contributed by atoms with Crippen LogP contribution in [0.1, 0.15) is 31.1 Å². The molecular weight excluding hydrogens is 498 g/mol. The molecule has 0 saturated heterocycles. The number of methoxy groups -OCH3 is 1. The summed E-state index contributed by atoms with van der Waals surface area (Å²) in [6.45, 7) is 0. The summed E-state index contributed by atoms with van der Waals surface area (Å²) in [4.78, 5) is 37.4. The molecule has 11 heteroatoms. The number of nitrogens with one attached hydrogen (secondary N) is 2. The minimum atomic E-state index is -4.40. The number of amides is 3. The molecule has 4 rings (SSSR count). The van der Waals surface area contributed by atoms with Crippen LogP contribution in [-0.2, 0) is 10.1 Å². The molecule has 0 spiro atoms. The lowest BCUT2D eigenvalue weighted by molar-refractivity contribution is 0.0996. The Balaban J connectivity index is 1.63. The van der Waals surface area contributed by atoms with E-state index in [-0.39, 0.29) is 21.7 Å². The van der Waals surface area contributed by atoms with Gasteiger partial charge in [-0.15, -0.1) is 0 Å². The van der Waals surface area contributed by atoms with Crippen molar-refractivity contribution in [3.63, 3.8) is 0 Å². The largest absolute Gasteiger partial charge is 0.497 e. The van der Waals surface area contributed by atoms with Crippen molar-refractivity contribution in [1.82, 2.24) is 0 Å². The molecule has 0 bridgehead atoms. The van der Waals surface area contributed by atoms with E-state index in [1.54, 1.807) is 42.5 Å². The first kappa shape index (κ1) is 25.4. The van der Waals surface area contributed by atoms with Crippen LogP contribution in [0.3, 0.4) is 0 Å². The van der Waals surface area contributed by atoms with E-state index < -0.39 is 27.8 Å². The summed E-state index contributed by atoms with van der Waals surface area (Å²) in [7, 11) is -2.89. The van der Waals surface area contributed by atoms with Gasteiger partial charge in [0, 0.05) is 33.5 Å². The van der Waals surface area contributed by atoms with Crippen molar-refractivity contribution in [3.05, 3.63) is 95.6 Å². The van der Waals surface area contributed by atoms with Crippen LogP contribution < -0.4 is 21.1 Å². The lowest BCUT2D eigenvalue weighted by atomic mass is 10.1. The Morgan fingerprint density at radius 3 is 2.14 bits per heavy atom.